The number of aromatic nitrogens is 2. The second kappa shape index (κ2) is 7.57. The maximum Gasteiger partial charge on any atom is 0.246 e. The molecule has 0 bridgehead atoms. The first-order chi connectivity index (χ1) is 10.6. The van der Waals surface area contributed by atoms with Crippen LogP contribution in [0, 0.1) is 6.92 Å². The van der Waals surface area contributed by atoms with Crippen LogP contribution in [0.25, 0.3) is 11.4 Å². The smallest absolute Gasteiger partial charge is 0.246 e. The molecule has 6 nitrogen and oxygen atoms in total. The second-order valence-corrected chi connectivity index (χ2v) is 5.72. The number of amides is 1. The highest BCUT2D eigenvalue weighted by molar-refractivity contribution is 5.85. The normalized spacial score (nSPS) is 16.9. The average Bonchev–Trinajstić information content (AvgIpc) is 3.18. The maximum atomic E-state index is 12.2. The summed E-state index contributed by atoms with van der Waals surface area (Å²) >= 11 is 0. The van der Waals surface area contributed by atoms with Crippen molar-refractivity contribution in [2.75, 3.05) is 13.6 Å². The van der Waals surface area contributed by atoms with E-state index in [0.29, 0.717) is 18.3 Å². The summed E-state index contributed by atoms with van der Waals surface area (Å²) in [4.78, 5) is 18.3. The molecule has 1 N–H and O–H groups in total. The van der Waals surface area contributed by atoms with Crippen LogP contribution in [0.15, 0.2) is 28.8 Å². The lowest BCUT2D eigenvalue weighted by atomic mass is 10.1. The Bertz CT molecular complexity index is 668. The van der Waals surface area contributed by atoms with Crippen LogP contribution in [0.2, 0.25) is 0 Å². The number of carbonyl (C=O) groups excluding carboxylic acids is 1. The Kier molecular flexibility index (Phi) is 5.74. The Balaban J connectivity index is 0.00000192. The van der Waals surface area contributed by atoms with Crippen molar-refractivity contribution in [1.82, 2.24) is 20.4 Å². The van der Waals surface area contributed by atoms with Crippen molar-refractivity contribution < 1.29 is 9.32 Å². The number of nitrogens with zero attached hydrogens (tertiary/aromatic N) is 3. The Morgan fingerprint density at radius 1 is 1.48 bits per heavy atom. The summed E-state index contributed by atoms with van der Waals surface area (Å²) in [6.45, 7) is 3.25. The van der Waals surface area contributed by atoms with Gasteiger partial charge in [0.25, 0.3) is 0 Å². The van der Waals surface area contributed by atoms with E-state index in [-0.39, 0.29) is 24.4 Å². The molecule has 1 aliphatic heterocycles. The number of halogens is 1. The van der Waals surface area contributed by atoms with Crippen LogP contribution >= 0.6 is 12.4 Å². The molecule has 1 aromatic carbocycles. The monoisotopic (exact) mass is 336 g/mol. The third-order valence-corrected chi connectivity index (χ3v) is 3.85. The van der Waals surface area contributed by atoms with E-state index in [1.165, 1.54) is 0 Å². The first-order valence-electron chi connectivity index (χ1n) is 7.51. The van der Waals surface area contributed by atoms with Gasteiger partial charge in [-0.2, -0.15) is 4.98 Å². The molecule has 7 heteroatoms. The summed E-state index contributed by atoms with van der Waals surface area (Å²) in [5.41, 5.74) is 2.06. The number of aryl methyl sites for hydroxylation is 1. The minimum Gasteiger partial charge on any atom is -0.337 e. The van der Waals surface area contributed by atoms with E-state index in [1.807, 2.05) is 31.2 Å². The lowest BCUT2D eigenvalue weighted by Crippen LogP contribution is -2.41. The molecular formula is C16H21ClN4O2. The summed E-state index contributed by atoms with van der Waals surface area (Å²) in [5, 5.41) is 7.20. The van der Waals surface area contributed by atoms with E-state index in [1.54, 1.807) is 11.9 Å². The van der Waals surface area contributed by atoms with Gasteiger partial charge in [-0.15, -0.1) is 12.4 Å². The number of hydrogen-bond donors (Lipinski definition) is 1. The molecule has 1 aliphatic rings. The second-order valence-electron chi connectivity index (χ2n) is 5.72. The van der Waals surface area contributed by atoms with Gasteiger partial charge in [0.15, 0.2) is 0 Å². The number of carbonyl (C=O) groups is 1. The molecule has 1 unspecified atom stereocenters. The van der Waals surface area contributed by atoms with Crippen molar-refractivity contribution in [3.05, 3.63) is 35.7 Å². The highest BCUT2D eigenvalue weighted by atomic mass is 35.5. The zero-order chi connectivity index (χ0) is 15.5. The summed E-state index contributed by atoms with van der Waals surface area (Å²) in [6.07, 6.45) is 1.93. The molecule has 1 atom stereocenters. The largest absolute Gasteiger partial charge is 0.337 e. The molecule has 0 saturated carbocycles. The molecule has 1 aromatic heterocycles. The van der Waals surface area contributed by atoms with Crippen LogP contribution in [0.4, 0.5) is 0 Å². The fourth-order valence-electron chi connectivity index (χ4n) is 2.66. The lowest BCUT2D eigenvalue weighted by molar-refractivity contribution is -0.132. The molecule has 1 saturated heterocycles. The maximum absolute atomic E-state index is 12.2. The van der Waals surface area contributed by atoms with Gasteiger partial charge in [0.2, 0.25) is 17.6 Å². The third-order valence-electron chi connectivity index (χ3n) is 3.85. The van der Waals surface area contributed by atoms with Crippen molar-refractivity contribution in [2.45, 2.75) is 32.4 Å². The van der Waals surface area contributed by atoms with Crippen LogP contribution < -0.4 is 5.32 Å². The average molecular weight is 337 g/mol. The Labute approximate surface area is 141 Å². The molecule has 2 heterocycles. The lowest BCUT2D eigenvalue weighted by Gasteiger charge is -2.19. The fraction of sp³-hybridized carbons (Fsp3) is 0.438. The molecule has 1 fully saturated rings. The van der Waals surface area contributed by atoms with Gasteiger partial charge in [0.05, 0.1) is 12.6 Å². The first-order valence-corrected chi connectivity index (χ1v) is 7.51. The van der Waals surface area contributed by atoms with E-state index >= 15 is 0 Å². The van der Waals surface area contributed by atoms with E-state index in [4.69, 9.17) is 4.52 Å². The van der Waals surface area contributed by atoms with Crippen molar-refractivity contribution in [2.24, 2.45) is 0 Å². The zero-order valence-electron chi connectivity index (χ0n) is 13.3. The molecule has 3 rings (SSSR count). The highest BCUT2D eigenvalue weighted by Crippen LogP contribution is 2.17. The minimum absolute atomic E-state index is 0. The van der Waals surface area contributed by atoms with Crippen molar-refractivity contribution in [3.8, 4) is 11.4 Å². The predicted octanol–water partition coefficient (Wildman–Crippen LogP) is 2.18. The summed E-state index contributed by atoms with van der Waals surface area (Å²) in [5.74, 6) is 1.08. The number of rotatable bonds is 4. The van der Waals surface area contributed by atoms with Crippen molar-refractivity contribution in [3.63, 3.8) is 0 Å². The van der Waals surface area contributed by atoms with Gasteiger partial charge < -0.3 is 14.7 Å². The SMILES string of the molecule is Cc1cccc(-c2noc(CN(C)C(=O)C3CCCN3)n2)c1.Cl. The summed E-state index contributed by atoms with van der Waals surface area (Å²) in [6, 6.07) is 7.85. The first kappa shape index (κ1) is 17.4. The molecule has 0 aliphatic carbocycles. The van der Waals surface area contributed by atoms with Crippen molar-refractivity contribution >= 4 is 18.3 Å². The summed E-state index contributed by atoms with van der Waals surface area (Å²) < 4.78 is 5.27. The Morgan fingerprint density at radius 3 is 3.00 bits per heavy atom. The van der Waals surface area contributed by atoms with E-state index < -0.39 is 0 Å². The van der Waals surface area contributed by atoms with Gasteiger partial charge in [-0.05, 0) is 32.4 Å². The summed E-state index contributed by atoms with van der Waals surface area (Å²) in [7, 11) is 1.76. The van der Waals surface area contributed by atoms with Crippen LogP contribution in [0.3, 0.4) is 0 Å². The van der Waals surface area contributed by atoms with Crippen LogP contribution in [0.5, 0.6) is 0 Å². The molecule has 1 amide bonds. The van der Waals surface area contributed by atoms with E-state index in [9.17, 15) is 4.79 Å². The highest BCUT2D eigenvalue weighted by Gasteiger charge is 2.25. The predicted molar refractivity (Wildman–Crippen MR) is 89.2 cm³/mol. The van der Waals surface area contributed by atoms with Crippen LogP contribution in [-0.2, 0) is 11.3 Å². The zero-order valence-corrected chi connectivity index (χ0v) is 14.1. The van der Waals surface area contributed by atoms with Gasteiger partial charge in [-0.25, -0.2) is 0 Å². The number of hydrogen-bond acceptors (Lipinski definition) is 5. The number of nitrogens with one attached hydrogen (secondary N) is 1. The molecule has 0 spiro atoms. The molecule has 0 radical (unpaired) electrons. The van der Waals surface area contributed by atoms with Gasteiger partial charge in [-0.3, -0.25) is 4.79 Å². The van der Waals surface area contributed by atoms with Gasteiger partial charge >= 0.3 is 0 Å². The van der Waals surface area contributed by atoms with Crippen LogP contribution in [0.1, 0.15) is 24.3 Å². The third kappa shape index (κ3) is 4.09. The number of likely N-dealkylation sites (N-methyl/N-ethyl adjacent to an activating group) is 1. The molecule has 23 heavy (non-hydrogen) atoms. The Hall–Kier alpha value is -1.92. The quantitative estimate of drug-likeness (QED) is 0.926. The minimum atomic E-state index is -0.0795. The standard InChI is InChI=1S/C16H20N4O2.ClH/c1-11-5-3-6-12(9-11)15-18-14(22-19-15)10-20(2)16(21)13-7-4-8-17-13;/h3,5-6,9,13,17H,4,7-8,10H2,1-2H3;1H. The Morgan fingerprint density at radius 2 is 2.30 bits per heavy atom. The molecule has 124 valence electrons. The van der Waals surface area contributed by atoms with E-state index in [0.717, 1.165) is 30.5 Å². The molecule has 2 aromatic rings. The topological polar surface area (TPSA) is 71.3 Å². The van der Waals surface area contributed by atoms with Gasteiger partial charge in [0.1, 0.15) is 0 Å². The van der Waals surface area contributed by atoms with Gasteiger partial charge in [-0.1, -0.05) is 28.9 Å². The van der Waals surface area contributed by atoms with Gasteiger partial charge in [0, 0.05) is 12.6 Å². The van der Waals surface area contributed by atoms with Crippen LogP contribution in [-0.4, -0.2) is 40.6 Å². The number of benzene rings is 1. The van der Waals surface area contributed by atoms with Crippen molar-refractivity contribution in [1.29, 1.82) is 0 Å². The molecular weight excluding hydrogens is 316 g/mol. The fourth-order valence-corrected chi connectivity index (χ4v) is 2.66. The van der Waals surface area contributed by atoms with E-state index in [2.05, 4.69) is 15.5 Å².